The topological polar surface area (TPSA) is 130 Å². The van der Waals surface area contributed by atoms with Gasteiger partial charge in [-0.25, -0.2) is 19.1 Å². The molecule has 2 fully saturated rings. The van der Waals surface area contributed by atoms with Crippen LogP contribution in [0.5, 0.6) is 0 Å². The first kappa shape index (κ1) is 24.9. The van der Waals surface area contributed by atoms with E-state index in [2.05, 4.69) is 4.98 Å². The summed E-state index contributed by atoms with van der Waals surface area (Å²) in [5.74, 6) is -2.82. The summed E-state index contributed by atoms with van der Waals surface area (Å²) in [7, 11) is 0. The number of aliphatic carboxylic acids is 1. The molecule has 5 atom stereocenters. The van der Waals surface area contributed by atoms with E-state index in [0.29, 0.717) is 11.3 Å². The van der Waals surface area contributed by atoms with Crippen molar-refractivity contribution in [1.82, 2.24) is 9.38 Å². The molecular weight excluding hydrogens is 486 g/mol. The maximum Gasteiger partial charge on any atom is 0.509 e. The summed E-state index contributed by atoms with van der Waals surface area (Å²) in [5.41, 5.74) is -1.55. The molecule has 2 aromatic rings. The number of ether oxygens (including phenoxy) is 2. The van der Waals surface area contributed by atoms with Gasteiger partial charge in [0.1, 0.15) is 16.9 Å². The van der Waals surface area contributed by atoms with E-state index in [9.17, 15) is 24.6 Å². The fourth-order valence-corrected chi connectivity index (χ4v) is 7.72. The Labute approximate surface area is 212 Å². The number of hydrogen-bond acceptors (Lipinski definition) is 9. The Hall–Kier alpha value is -2.76. The summed E-state index contributed by atoms with van der Waals surface area (Å²) in [4.78, 5) is 44.9. The van der Waals surface area contributed by atoms with Crippen molar-refractivity contribution in [2.24, 2.45) is 5.92 Å². The third-order valence-corrected chi connectivity index (χ3v) is 8.99. The maximum atomic E-state index is 13.6. The Morgan fingerprint density at radius 2 is 2.08 bits per heavy atom. The van der Waals surface area contributed by atoms with Crippen LogP contribution in [0.1, 0.15) is 64.2 Å². The van der Waals surface area contributed by atoms with Gasteiger partial charge in [0.2, 0.25) is 0 Å². The van der Waals surface area contributed by atoms with Crippen LogP contribution in [0.15, 0.2) is 24.4 Å². The molecule has 1 saturated heterocycles. The first-order valence-corrected chi connectivity index (χ1v) is 13.3. The number of β-lactam (4-membered cyclic amide) rings is 1. The SMILES string of the molecule is CCC[N+]12C(=O)[C@H]([C@@H](C)O)[C@@H]1[C@@](C)(OC(=O)OC1CCCCC1)C(c1cn3cncc3s1)=C2C(=O)[O-]. The van der Waals surface area contributed by atoms with Crippen LogP contribution in [0.25, 0.3) is 10.4 Å². The molecule has 5 rings (SSSR count). The maximum absolute atomic E-state index is 13.6. The fraction of sp³-hybridized carbons (Fsp3) is 0.600. The van der Waals surface area contributed by atoms with Crippen LogP contribution in [0.2, 0.25) is 0 Å². The molecule has 11 heteroatoms. The lowest BCUT2D eigenvalue weighted by Crippen LogP contribution is -2.79. The molecule has 1 saturated carbocycles. The molecule has 2 aliphatic heterocycles. The van der Waals surface area contributed by atoms with Gasteiger partial charge in [0.05, 0.1) is 35.6 Å². The number of amides is 1. The summed E-state index contributed by atoms with van der Waals surface area (Å²) < 4.78 is 12.9. The van der Waals surface area contributed by atoms with E-state index in [1.807, 2.05) is 6.92 Å². The van der Waals surface area contributed by atoms with Crippen molar-refractivity contribution in [1.29, 1.82) is 0 Å². The van der Waals surface area contributed by atoms with Crippen molar-refractivity contribution >= 4 is 39.8 Å². The monoisotopic (exact) mass is 517 g/mol. The van der Waals surface area contributed by atoms with Crippen LogP contribution in [-0.4, -0.2) is 67.4 Å². The van der Waals surface area contributed by atoms with Gasteiger partial charge >= 0.3 is 12.1 Å². The number of fused-ring (bicyclic) bond motifs is 2. The number of hydrogen-bond donors (Lipinski definition) is 1. The minimum atomic E-state index is -1.55. The predicted molar refractivity (Wildman–Crippen MR) is 127 cm³/mol. The molecule has 10 nitrogen and oxygen atoms in total. The van der Waals surface area contributed by atoms with Crippen molar-refractivity contribution in [3.63, 3.8) is 0 Å². The van der Waals surface area contributed by atoms with E-state index >= 15 is 0 Å². The number of rotatable bonds is 7. The van der Waals surface area contributed by atoms with E-state index < -0.39 is 46.2 Å². The summed E-state index contributed by atoms with van der Waals surface area (Å²) in [6.07, 6.45) is 7.74. The Bertz CT molecular complexity index is 1210. The van der Waals surface area contributed by atoms with Gasteiger partial charge in [0.25, 0.3) is 0 Å². The fourth-order valence-electron chi connectivity index (χ4n) is 6.61. The van der Waals surface area contributed by atoms with Crippen LogP contribution in [0.3, 0.4) is 0 Å². The molecule has 0 bridgehead atoms. The minimum absolute atomic E-state index is 0.183. The lowest BCUT2D eigenvalue weighted by molar-refractivity contribution is -0.878. The summed E-state index contributed by atoms with van der Waals surface area (Å²) >= 11 is 1.28. The van der Waals surface area contributed by atoms with Crippen molar-refractivity contribution in [3.8, 4) is 0 Å². The van der Waals surface area contributed by atoms with Gasteiger partial charge in [-0.1, -0.05) is 13.3 Å². The Morgan fingerprint density at radius 1 is 1.36 bits per heavy atom. The van der Waals surface area contributed by atoms with Crippen molar-refractivity contribution in [2.75, 3.05) is 6.54 Å². The van der Waals surface area contributed by atoms with E-state index in [1.54, 1.807) is 30.0 Å². The zero-order chi connectivity index (χ0) is 25.8. The lowest BCUT2D eigenvalue weighted by atomic mass is 9.72. The Morgan fingerprint density at radius 3 is 2.69 bits per heavy atom. The number of carbonyl (C=O) groups excluding carboxylic acids is 3. The number of carboxylic acids is 1. The molecule has 36 heavy (non-hydrogen) atoms. The number of carbonyl (C=O) groups is 3. The molecule has 0 spiro atoms. The average Bonchev–Trinajstić information content (AvgIpc) is 3.45. The number of quaternary nitrogens is 1. The van der Waals surface area contributed by atoms with Crippen LogP contribution < -0.4 is 5.11 Å². The zero-order valence-corrected chi connectivity index (χ0v) is 21.5. The first-order valence-electron chi connectivity index (χ1n) is 12.5. The van der Waals surface area contributed by atoms with Crippen LogP contribution >= 0.6 is 11.3 Å². The molecule has 2 aromatic heterocycles. The van der Waals surface area contributed by atoms with Gasteiger partial charge in [-0.15, -0.1) is 11.3 Å². The van der Waals surface area contributed by atoms with Crippen LogP contribution in [0.4, 0.5) is 4.79 Å². The van der Waals surface area contributed by atoms with E-state index in [4.69, 9.17) is 9.47 Å². The minimum Gasteiger partial charge on any atom is -0.540 e. The van der Waals surface area contributed by atoms with Crippen molar-refractivity contribution < 1.29 is 38.6 Å². The molecule has 1 unspecified atom stereocenters. The third kappa shape index (κ3) is 3.51. The highest BCUT2D eigenvalue weighted by Gasteiger charge is 2.79. The average molecular weight is 518 g/mol. The number of carboxylic acid groups (broad SMARTS) is 1. The molecule has 194 valence electrons. The number of aliphatic hydroxyl groups is 1. The molecule has 3 aliphatic rings. The molecule has 0 radical (unpaired) electrons. The number of thiazole rings is 1. The van der Waals surface area contributed by atoms with Gasteiger partial charge in [0, 0.05) is 6.20 Å². The van der Waals surface area contributed by atoms with E-state index in [-0.39, 0.29) is 23.9 Å². The van der Waals surface area contributed by atoms with Gasteiger partial charge in [-0.3, -0.25) is 4.40 Å². The van der Waals surface area contributed by atoms with Crippen molar-refractivity contribution in [2.45, 2.75) is 83.1 Å². The van der Waals surface area contributed by atoms with Gasteiger partial charge in [-0.2, -0.15) is 0 Å². The quantitative estimate of drug-likeness (QED) is 0.336. The Balaban J connectivity index is 1.66. The molecular formula is C25H31N3O7S. The van der Waals surface area contributed by atoms with Crippen LogP contribution in [0, 0.1) is 5.92 Å². The first-order chi connectivity index (χ1) is 17.1. The molecule has 4 heterocycles. The molecule has 0 aromatic carbocycles. The second-order valence-corrected chi connectivity index (χ2v) is 11.3. The van der Waals surface area contributed by atoms with Crippen LogP contribution in [-0.2, 0) is 19.1 Å². The highest BCUT2D eigenvalue weighted by atomic mass is 32.1. The normalized spacial score (nSPS) is 31.3. The number of aromatic nitrogens is 2. The zero-order valence-electron chi connectivity index (χ0n) is 20.6. The summed E-state index contributed by atoms with van der Waals surface area (Å²) in [6, 6.07) is -0.827. The molecule has 1 aliphatic carbocycles. The standard InChI is InChI=1S/C25H31N3O7S/c1-4-10-28-20(23(31)32)19(16-12-27-13-26-11-17(27)36-16)25(3,21(28)18(14(2)29)22(28)30)35-24(33)34-15-8-6-5-7-9-15/h11-15,18,21,29H,4-10H2,1-3H3/t14-,18-,21-,25+,28?/m1/s1. The smallest absolute Gasteiger partial charge is 0.509 e. The van der Waals surface area contributed by atoms with E-state index in [0.717, 1.165) is 36.9 Å². The predicted octanol–water partition coefficient (Wildman–Crippen LogP) is 2.25. The third-order valence-electron chi connectivity index (χ3n) is 7.94. The molecule has 1 amide bonds. The van der Waals surface area contributed by atoms with Crippen molar-refractivity contribution in [3.05, 3.63) is 29.3 Å². The summed E-state index contributed by atoms with van der Waals surface area (Å²) in [5, 5.41) is 23.3. The van der Waals surface area contributed by atoms with Gasteiger partial charge in [-0.05, 0) is 46.0 Å². The lowest BCUT2D eigenvalue weighted by Gasteiger charge is -2.54. The second kappa shape index (κ2) is 8.97. The Kier molecular flexibility index (Phi) is 6.20. The van der Waals surface area contributed by atoms with Gasteiger partial charge < -0.3 is 24.5 Å². The second-order valence-electron chi connectivity index (χ2n) is 10.2. The van der Waals surface area contributed by atoms with Gasteiger partial charge in [0.15, 0.2) is 23.3 Å². The number of imidazole rings is 1. The van der Waals surface area contributed by atoms with E-state index in [1.165, 1.54) is 18.3 Å². The molecule has 1 N–H and O–H groups in total. The highest BCUT2D eigenvalue weighted by molar-refractivity contribution is 7.18. The largest absolute Gasteiger partial charge is 0.540 e. The number of nitrogens with zero attached hydrogens (tertiary/aromatic N) is 3. The summed E-state index contributed by atoms with van der Waals surface area (Å²) in [6.45, 7) is 5.17. The highest BCUT2D eigenvalue weighted by Crippen LogP contribution is 2.60. The number of aliphatic hydroxyl groups excluding tert-OH is 1.